The van der Waals surface area contributed by atoms with Gasteiger partial charge >= 0.3 is 11.9 Å². The summed E-state index contributed by atoms with van der Waals surface area (Å²) in [5.41, 5.74) is 2.96. The molecule has 2 N–H and O–H groups in total. The summed E-state index contributed by atoms with van der Waals surface area (Å²) in [6.07, 6.45) is 22.1. The van der Waals surface area contributed by atoms with Gasteiger partial charge in [0.25, 0.3) is 0 Å². The molecule has 1 aliphatic rings. The molecule has 0 radical (unpaired) electrons. The number of carbonyl (C=O) groups excluding carboxylic acids is 1. The zero-order valence-electron chi connectivity index (χ0n) is 25.2. The van der Waals surface area contributed by atoms with Crippen molar-refractivity contribution in [2.75, 3.05) is 0 Å². The number of carboxylic acids is 1. The molecule has 5 nitrogen and oxygen atoms in total. The second kappa shape index (κ2) is 18.6. The molecule has 0 aromatic heterocycles. The molecule has 0 amide bonds. The van der Waals surface area contributed by atoms with Crippen molar-refractivity contribution >= 4 is 11.9 Å². The SMILES string of the molecule is CCC[C@H](O)[C@@H](/C=C(C)/C=C/C=C(C)/C=C(C)/C=C/C(=O)O)[C@H]1CCCC(=O)OC(C(C)C)C/C=C/C[C@@H]1C. The van der Waals surface area contributed by atoms with Crippen LogP contribution in [-0.2, 0) is 14.3 Å². The summed E-state index contributed by atoms with van der Waals surface area (Å²) < 4.78 is 5.77. The van der Waals surface area contributed by atoms with E-state index in [-0.39, 0.29) is 29.8 Å². The predicted molar refractivity (Wildman–Crippen MR) is 161 cm³/mol. The van der Waals surface area contributed by atoms with Crippen molar-refractivity contribution in [3.8, 4) is 0 Å². The Hall–Kier alpha value is -2.66. The molecular formula is C34H52O5. The number of hydrogen-bond donors (Lipinski definition) is 2. The highest BCUT2D eigenvalue weighted by molar-refractivity contribution is 5.80. The molecule has 39 heavy (non-hydrogen) atoms. The number of allylic oxidation sites excluding steroid dienone is 9. The van der Waals surface area contributed by atoms with Gasteiger partial charge < -0.3 is 14.9 Å². The van der Waals surface area contributed by atoms with Crippen molar-refractivity contribution in [2.24, 2.45) is 23.7 Å². The molecule has 0 aromatic rings. The van der Waals surface area contributed by atoms with Gasteiger partial charge in [0, 0.05) is 24.8 Å². The first kappa shape index (κ1) is 34.4. The van der Waals surface area contributed by atoms with E-state index >= 15 is 0 Å². The maximum Gasteiger partial charge on any atom is 0.328 e. The first-order valence-electron chi connectivity index (χ1n) is 14.6. The summed E-state index contributed by atoms with van der Waals surface area (Å²) in [4.78, 5) is 23.2. The van der Waals surface area contributed by atoms with Crippen molar-refractivity contribution in [2.45, 2.75) is 106 Å². The number of esters is 1. The maximum absolute atomic E-state index is 12.5. The molecular weight excluding hydrogens is 488 g/mol. The number of rotatable bonds is 11. The van der Waals surface area contributed by atoms with Crippen LogP contribution in [0.1, 0.15) is 93.4 Å². The van der Waals surface area contributed by atoms with Crippen molar-refractivity contribution in [3.63, 3.8) is 0 Å². The topological polar surface area (TPSA) is 83.8 Å². The molecule has 1 aliphatic heterocycles. The van der Waals surface area contributed by atoms with E-state index in [1.807, 2.05) is 32.1 Å². The van der Waals surface area contributed by atoms with E-state index in [9.17, 15) is 14.7 Å². The summed E-state index contributed by atoms with van der Waals surface area (Å²) in [5, 5.41) is 20.0. The molecule has 0 bridgehead atoms. The van der Waals surface area contributed by atoms with Crippen LogP contribution in [0.15, 0.2) is 71.4 Å². The minimum absolute atomic E-state index is 0.00579. The third-order valence-corrected chi connectivity index (χ3v) is 7.36. The van der Waals surface area contributed by atoms with Gasteiger partial charge in [0.05, 0.1) is 6.10 Å². The smallest absolute Gasteiger partial charge is 0.328 e. The van der Waals surface area contributed by atoms with Gasteiger partial charge in [-0.15, -0.1) is 0 Å². The zero-order valence-corrected chi connectivity index (χ0v) is 25.2. The van der Waals surface area contributed by atoms with Crippen LogP contribution in [0.5, 0.6) is 0 Å². The van der Waals surface area contributed by atoms with Gasteiger partial charge in [-0.05, 0) is 64.2 Å². The zero-order chi connectivity index (χ0) is 29.4. The summed E-state index contributed by atoms with van der Waals surface area (Å²) in [5.74, 6) is -0.192. The molecule has 5 atom stereocenters. The van der Waals surface area contributed by atoms with Crippen LogP contribution in [0.2, 0.25) is 0 Å². The molecule has 0 aliphatic carbocycles. The van der Waals surface area contributed by atoms with Gasteiger partial charge in [-0.25, -0.2) is 4.79 Å². The molecule has 1 heterocycles. The third-order valence-electron chi connectivity index (χ3n) is 7.36. The highest BCUT2D eigenvalue weighted by Gasteiger charge is 2.30. The largest absolute Gasteiger partial charge is 0.478 e. The van der Waals surface area contributed by atoms with E-state index < -0.39 is 12.1 Å². The van der Waals surface area contributed by atoms with Gasteiger partial charge in [-0.3, -0.25) is 4.79 Å². The number of ether oxygens (including phenoxy) is 1. The van der Waals surface area contributed by atoms with Gasteiger partial charge in [0.15, 0.2) is 0 Å². The van der Waals surface area contributed by atoms with E-state index in [0.29, 0.717) is 12.3 Å². The number of hydrogen-bond acceptors (Lipinski definition) is 4. The fourth-order valence-electron chi connectivity index (χ4n) is 5.12. The predicted octanol–water partition coefficient (Wildman–Crippen LogP) is 8.14. The Bertz CT molecular complexity index is 947. The maximum atomic E-state index is 12.5. The second-order valence-corrected chi connectivity index (χ2v) is 11.4. The Morgan fingerprint density at radius 3 is 2.41 bits per heavy atom. The first-order valence-corrected chi connectivity index (χ1v) is 14.6. The van der Waals surface area contributed by atoms with E-state index in [1.54, 1.807) is 6.08 Å². The van der Waals surface area contributed by atoms with Gasteiger partial charge in [-0.2, -0.15) is 0 Å². The molecule has 0 fully saturated rings. The van der Waals surface area contributed by atoms with E-state index in [1.165, 1.54) is 0 Å². The number of cyclic esters (lactones) is 1. The van der Waals surface area contributed by atoms with Crippen LogP contribution < -0.4 is 0 Å². The van der Waals surface area contributed by atoms with Crippen molar-refractivity contribution < 1.29 is 24.5 Å². The number of aliphatic hydroxyl groups excluding tert-OH is 1. The van der Waals surface area contributed by atoms with Gasteiger partial charge in [0.1, 0.15) is 6.10 Å². The van der Waals surface area contributed by atoms with Crippen molar-refractivity contribution in [1.29, 1.82) is 0 Å². The Labute approximate surface area is 237 Å². The first-order chi connectivity index (χ1) is 18.4. The van der Waals surface area contributed by atoms with Crippen LogP contribution in [-0.4, -0.2) is 34.4 Å². The van der Waals surface area contributed by atoms with Crippen LogP contribution in [0.25, 0.3) is 0 Å². The molecule has 5 heteroatoms. The average molecular weight is 541 g/mol. The Morgan fingerprint density at radius 1 is 1.08 bits per heavy atom. The van der Waals surface area contributed by atoms with E-state index in [2.05, 4.69) is 58.9 Å². The molecule has 1 rings (SSSR count). The van der Waals surface area contributed by atoms with Crippen LogP contribution in [0, 0.1) is 23.7 Å². The minimum atomic E-state index is -0.962. The fourth-order valence-corrected chi connectivity index (χ4v) is 5.12. The van der Waals surface area contributed by atoms with Gasteiger partial charge in [0.2, 0.25) is 0 Å². The van der Waals surface area contributed by atoms with Crippen LogP contribution in [0.3, 0.4) is 0 Å². The number of aliphatic carboxylic acids is 1. The second-order valence-electron chi connectivity index (χ2n) is 11.4. The Balaban J connectivity index is 3.16. The molecule has 0 aromatic carbocycles. The lowest BCUT2D eigenvalue weighted by Crippen LogP contribution is -2.31. The molecule has 1 unspecified atom stereocenters. The molecule has 0 saturated heterocycles. The highest BCUT2D eigenvalue weighted by Crippen LogP contribution is 2.35. The molecule has 0 spiro atoms. The standard InChI is InChI=1S/C34H52O5/c1-8-13-31(35)30(23-26(5)15-11-14-25(4)22-27(6)20-21-33(36)37)29-17-12-19-34(38)39-32(24(2)3)18-10-9-16-28(29)7/h9-11,14-15,20-24,28-32,35H,8,12-13,16-19H2,1-7H3,(H,36,37)/b10-9+,15-11+,21-20+,25-14+,26-23+,27-22+/t28-,29-,30-,31-,32?/m0/s1. The quantitative estimate of drug-likeness (QED) is 0.120. The lowest BCUT2D eigenvalue weighted by atomic mass is 9.73. The average Bonchev–Trinajstić information content (AvgIpc) is 2.85. The molecule has 0 saturated carbocycles. The summed E-state index contributed by atoms with van der Waals surface area (Å²) >= 11 is 0. The number of aliphatic hydroxyl groups is 1. The summed E-state index contributed by atoms with van der Waals surface area (Å²) in [6.45, 7) is 14.5. The Morgan fingerprint density at radius 2 is 1.77 bits per heavy atom. The minimum Gasteiger partial charge on any atom is -0.478 e. The number of carboxylic acid groups (broad SMARTS) is 1. The highest BCUT2D eigenvalue weighted by atomic mass is 16.5. The van der Waals surface area contributed by atoms with E-state index in [0.717, 1.165) is 61.3 Å². The monoisotopic (exact) mass is 540 g/mol. The van der Waals surface area contributed by atoms with Gasteiger partial charge in [-0.1, -0.05) is 99.4 Å². The van der Waals surface area contributed by atoms with E-state index in [4.69, 9.17) is 9.84 Å². The summed E-state index contributed by atoms with van der Waals surface area (Å²) in [6, 6.07) is 0. The molecule has 218 valence electrons. The van der Waals surface area contributed by atoms with Crippen LogP contribution in [0.4, 0.5) is 0 Å². The van der Waals surface area contributed by atoms with Crippen molar-refractivity contribution in [3.05, 3.63) is 71.4 Å². The fraction of sp³-hybridized carbons (Fsp3) is 0.588. The summed E-state index contributed by atoms with van der Waals surface area (Å²) in [7, 11) is 0. The Kier molecular flexibility index (Phi) is 16.4. The van der Waals surface area contributed by atoms with Crippen LogP contribution >= 0.6 is 0 Å². The van der Waals surface area contributed by atoms with Crippen molar-refractivity contribution in [1.82, 2.24) is 0 Å². The lowest BCUT2D eigenvalue weighted by molar-refractivity contribution is -0.151. The lowest BCUT2D eigenvalue weighted by Gasteiger charge is -2.34. The normalized spacial score (nSPS) is 25.3. The number of carbonyl (C=O) groups is 2. The third kappa shape index (κ3) is 14.3.